The Morgan fingerprint density at radius 3 is 2.10 bits per heavy atom. The van der Waals surface area contributed by atoms with Crippen LogP contribution in [-0.4, -0.2) is 30.0 Å². The minimum Gasteiger partial charge on any atom is -0.373 e. The molecular weight excluding hydrogens is 424 g/mol. The Hall–Kier alpha value is -2.55. The van der Waals surface area contributed by atoms with Gasteiger partial charge in [-0.3, -0.25) is 4.79 Å². The van der Waals surface area contributed by atoms with Crippen LogP contribution >= 0.6 is 0 Å². The zero-order valence-electron chi connectivity index (χ0n) is 16.6. The number of benzene rings is 2. The minimum absolute atomic E-state index is 0.0988. The van der Waals surface area contributed by atoms with E-state index in [1.807, 2.05) is 30.3 Å². The molecule has 31 heavy (non-hydrogen) atoms. The van der Waals surface area contributed by atoms with Gasteiger partial charge in [-0.05, 0) is 35.7 Å². The van der Waals surface area contributed by atoms with Crippen LogP contribution in [0.2, 0.25) is 0 Å². The predicted molar refractivity (Wildman–Crippen MR) is 101 cm³/mol. The number of amides is 1. The van der Waals surface area contributed by atoms with Crippen molar-refractivity contribution in [3.63, 3.8) is 0 Å². The highest BCUT2D eigenvalue weighted by Gasteiger charge is 2.37. The van der Waals surface area contributed by atoms with Crippen molar-refractivity contribution in [1.82, 2.24) is 4.90 Å². The molecule has 168 valence electrons. The second kappa shape index (κ2) is 8.90. The molecule has 1 fully saturated rings. The quantitative estimate of drug-likeness (QED) is 0.570. The van der Waals surface area contributed by atoms with Gasteiger partial charge in [-0.25, -0.2) is 0 Å². The molecule has 2 atom stereocenters. The zero-order valence-corrected chi connectivity index (χ0v) is 16.6. The fourth-order valence-electron chi connectivity index (χ4n) is 3.74. The van der Waals surface area contributed by atoms with Crippen molar-refractivity contribution in [3.8, 4) is 0 Å². The summed E-state index contributed by atoms with van der Waals surface area (Å²) >= 11 is 0. The van der Waals surface area contributed by atoms with Gasteiger partial charge in [0.05, 0.1) is 23.8 Å². The highest BCUT2D eigenvalue weighted by atomic mass is 19.4. The average molecular weight is 445 g/mol. The van der Waals surface area contributed by atoms with Gasteiger partial charge in [0.15, 0.2) is 0 Å². The maximum atomic E-state index is 13.1. The van der Waals surface area contributed by atoms with Crippen molar-refractivity contribution in [2.75, 3.05) is 13.1 Å². The lowest BCUT2D eigenvalue weighted by molar-refractivity contribution is -0.143. The summed E-state index contributed by atoms with van der Waals surface area (Å²) in [5, 5.41) is 0. The molecule has 2 aromatic carbocycles. The SMILES string of the molecule is CC(=O)N1CC[C@@H](OCc2cc(C(F)(F)F)cc(C(F)(F)F)c2)[C@@H](c2ccccc2)C1. The summed E-state index contributed by atoms with van der Waals surface area (Å²) in [6, 6.07) is 10.6. The Morgan fingerprint density at radius 1 is 1.00 bits per heavy atom. The van der Waals surface area contributed by atoms with E-state index >= 15 is 0 Å². The molecule has 1 aliphatic rings. The van der Waals surface area contributed by atoms with Gasteiger partial charge in [-0.1, -0.05) is 30.3 Å². The van der Waals surface area contributed by atoms with Crippen LogP contribution in [0.5, 0.6) is 0 Å². The number of halogens is 6. The molecule has 0 aliphatic carbocycles. The van der Waals surface area contributed by atoms with E-state index in [1.165, 1.54) is 6.92 Å². The first-order valence-corrected chi connectivity index (χ1v) is 9.65. The number of likely N-dealkylation sites (tertiary alicyclic amines) is 1. The van der Waals surface area contributed by atoms with E-state index in [0.29, 0.717) is 31.6 Å². The number of hydrogen-bond acceptors (Lipinski definition) is 2. The van der Waals surface area contributed by atoms with Crippen molar-refractivity contribution in [2.24, 2.45) is 0 Å². The van der Waals surface area contributed by atoms with Crippen molar-refractivity contribution in [2.45, 2.75) is 44.3 Å². The van der Waals surface area contributed by atoms with Crippen molar-refractivity contribution in [3.05, 3.63) is 70.8 Å². The molecular formula is C22H21F6NO2. The Kier molecular flexibility index (Phi) is 6.64. The van der Waals surface area contributed by atoms with Crippen molar-refractivity contribution >= 4 is 5.91 Å². The lowest BCUT2D eigenvalue weighted by Gasteiger charge is -2.38. The van der Waals surface area contributed by atoms with E-state index in [-0.39, 0.29) is 23.5 Å². The number of piperidine rings is 1. The fraction of sp³-hybridized carbons (Fsp3) is 0.409. The Labute approximate surface area is 175 Å². The van der Waals surface area contributed by atoms with E-state index in [2.05, 4.69) is 0 Å². The molecule has 0 bridgehead atoms. The van der Waals surface area contributed by atoms with Crippen LogP contribution in [0.4, 0.5) is 26.3 Å². The number of alkyl halides is 6. The molecule has 0 radical (unpaired) electrons. The molecule has 3 rings (SSSR count). The topological polar surface area (TPSA) is 29.5 Å². The monoisotopic (exact) mass is 445 g/mol. The highest BCUT2D eigenvalue weighted by Crippen LogP contribution is 2.37. The summed E-state index contributed by atoms with van der Waals surface area (Å²) in [5.74, 6) is -0.348. The van der Waals surface area contributed by atoms with E-state index < -0.39 is 36.2 Å². The number of nitrogens with zero attached hydrogens (tertiary/aromatic N) is 1. The average Bonchev–Trinajstić information content (AvgIpc) is 2.71. The van der Waals surface area contributed by atoms with Crippen LogP contribution in [0.1, 0.15) is 41.5 Å². The molecule has 0 saturated carbocycles. The third kappa shape index (κ3) is 5.78. The summed E-state index contributed by atoms with van der Waals surface area (Å²) in [7, 11) is 0. The number of hydrogen-bond donors (Lipinski definition) is 0. The van der Waals surface area contributed by atoms with E-state index in [9.17, 15) is 31.1 Å². The fourth-order valence-corrected chi connectivity index (χ4v) is 3.74. The lowest BCUT2D eigenvalue weighted by atomic mass is 9.87. The lowest BCUT2D eigenvalue weighted by Crippen LogP contribution is -2.44. The van der Waals surface area contributed by atoms with Gasteiger partial charge in [0.25, 0.3) is 0 Å². The maximum absolute atomic E-state index is 13.1. The van der Waals surface area contributed by atoms with Gasteiger partial charge in [0.1, 0.15) is 0 Å². The number of carbonyl (C=O) groups is 1. The van der Waals surface area contributed by atoms with Crippen molar-refractivity contribution in [1.29, 1.82) is 0 Å². The molecule has 2 aromatic rings. The van der Waals surface area contributed by atoms with Gasteiger partial charge >= 0.3 is 12.4 Å². The molecule has 9 heteroatoms. The highest BCUT2D eigenvalue weighted by molar-refractivity contribution is 5.73. The molecule has 0 spiro atoms. The molecule has 0 unspecified atom stereocenters. The summed E-state index contributed by atoms with van der Waals surface area (Å²) in [5.41, 5.74) is -2.06. The summed E-state index contributed by atoms with van der Waals surface area (Å²) in [6.45, 7) is 1.81. The first-order chi connectivity index (χ1) is 14.4. The van der Waals surface area contributed by atoms with Crippen LogP contribution in [-0.2, 0) is 28.5 Å². The number of ether oxygens (including phenoxy) is 1. The molecule has 3 nitrogen and oxygen atoms in total. The molecule has 1 aliphatic heterocycles. The van der Waals surface area contributed by atoms with E-state index in [1.54, 1.807) is 4.90 Å². The predicted octanol–water partition coefficient (Wildman–Crippen LogP) is 5.65. The number of rotatable bonds is 4. The third-order valence-electron chi connectivity index (χ3n) is 5.33. The van der Waals surface area contributed by atoms with Crippen LogP contribution < -0.4 is 0 Å². The minimum atomic E-state index is -4.91. The first kappa shape index (κ1) is 23.1. The summed E-state index contributed by atoms with van der Waals surface area (Å²) in [6.07, 6.45) is -9.85. The standard InChI is InChI=1S/C22H21F6NO2/c1-14(30)29-8-7-20(19(12-29)16-5-3-2-4-6-16)31-13-15-9-17(21(23,24)25)11-18(10-15)22(26,27)28/h2-6,9-11,19-20H,7-8,12-13H2,1H3/t19-,20-/m1/s1. The van der Waals surface area contributed by atoms with Crippen molar-refractivity contribution < 1.29 is 35.9 Å². The molecule has 1 saturated heterocycles. The van der Waals surface area contributed by atoms with Gasteiger partial charge in [-0.15, -0.1) is 0 Å². The molecule has 0 N–H and O–H groups in total. The summed E-state index contributed by atoms with van der Waals surface area (Å²) < 4.78 is 84.4. The Bertz CT molecular complexity index is 878. The maximum Gasteiger partial charge on any atom is 0.416 e. The third-order valence-corrected chi connectivity index (χ3v) is 5.33. The van der Waals surface area contributed by atoms with E-state index in [0.717, 1.165) is 5.56 Å². The zero-order chi connectivity index (χ0) is 22.8. The Balaban J connectivity index is 1.84. The number of carbonyl (C=O) groups excluding carboxylic acids is 1. The van der Waals surface area contributed by atoms with Gasteiger partial charge in [0, 0.05) is 25.9 Å². The molecule has 1 heterocycles. The molecule has 1 amide bonds. The van der Waals surface area contributed by atoms with Gasteiger partial charge in [-0.2, -0.15) is 26.3 Å². The Morgan fingerprint density at radius 2 is 1.58 bits per heavy atom. The molecule has 0 aromatic heterocycles. The smallest absolute Gasteiger partial charge is 0.373 e. The largest absolute Gasteiger partial charge is 0.416 e. The normalized spacial score (nSPS) is 20.0. The van der Waals surface area contributed by atoms with Crippen LogP contribution in [0, 0.1) is 0 Å². The van der Waals surface area contributed by atoms with E-state index in [4.69, 9.17) is 4.74 Å². The van der Waals surface area contributed by atoms with Gasteiger partial charge < -0.3 is 9.64 Å². The van der Waals surface area contributed by atoms with Crippen LogP contribution in [0.25, 0.3) is 0 Å². The van der Waals surface area contributed by atoms with Crippen LogP contribution in [0.15, 0.2) is 48.5 Å². The summed E-state index contributed by atoms with van der Waals surface area (Å²) in [4.78, 5) is 13.5. The second-order valence-corrected chi connectivity index (χ2v) is 7.53. The van der Waals surface area contributed by atoms with Gasteiger partial charge in [0.2, 0.25) is 5.91 Å². The second-order valence-electron chi connectivity index (χ2n) is 7.53. The first-order valence-electron chi connectivity index (χ1n) is 9.65. The van der Waals surface area contributed by atoms with Crippen LogP contribution in [0.3, 0.4) is 0 Å².